The Bertz CT molecular complexity index is 894. The predicted octanol–water partition coefficient (Wildman–Crippen LogP) is 3.05. The minimum Gasteiger partial charge on any atom is -0.336 e. The highest BCUT2D eigenvalue weighted by Gasteiger charge is 2.36. The average Bonchev–Trinajstić information content (AvgIpc) is 3.37. The molecule has 1 N–H and O–H groups in total. The van der Waals surface area contributed by atoms with E-state index in [1.54, 1.807) is 12.1 Å². The largest absolute Gasteiger partial charge is 0.336 e. The van der Waals surface area contributed by atoms with E-state index in [1.807, 2.05) is 17.0 Å². The Balaban J connectivity index is 1.23. The van der Waals surface area contributed by atoms with Crippen LogP contribution in [0.15, 0.2) is 48.5 Å². The van der Waals surface area contributed by atoms with E-state index in [0.717, 1.165) is 58.8 Å². The number of amides is 2. The molecule has 2 heterocycles. The highest BCUT2D eigenvalue weighted by Crippen LogP contribution is 2.46. The number of piperazine rings is 1. The Morgan fingerprint density at radius 3 is 2.33 bits per heavy atom. The van der Waals surface area contributed by atoms with Crippen LogP contribution in [0, 0.1) is 5.82 Å². The van der Waals surface area contributed by atoms with Crippen molar-refractivity contribution in [1.29, 1.82) is 0 Å². The van der Waals surface area contributed by atoms with Crippen LogP contribution in [0.5, 0.6) is 0 Å². The number of nitrogens with one attached hydrogen (secondary N) is 1. The van der Waals surface area contributed by atoms with Gasteiger partial charge in [-0.3, -0.25) is 9.80 Å². The van der Waals surface area contributed by atoms with Crippen molar-refractivity contribution in [2.75, 3.05) is 52.4 Å². The molecule has 2 fully saturated rings. The summed E-state index contributed by atoms with van der Waals surface area (Å²) in [7, 11) is 0. The first-order valence-electron chi connectivity index (χ1n) is 11.0. The van der Waals surface area contributed by atoms with Gasteiger partial charge in [-0.1, -0.05) is 36.4 Å². The van der Waals surface area contributed by atoms with Crippen molar-refractivity contribution in [3.63, 3.8) is 0 Å². The molecular weight excluding hydrogens is 379 g/mol. The Kier molecular flexibility index (Phi) is 5.44. The molecule has 0 saturated carbocycles. The first-order chi connectivity index (χ1) is 14.7. The summed E-state index contributed by atoms with van der Waals surface area (Å²) in [4.78, 5) is 18.7. The van der Waals surface area contributed by atoms with E-state index in [1.165, 1.54) is 16.7 Å². The van der Waals surface area contributed by atoms with E-state index >= 15 is 0 Å². The first kappa shape index (κ1) is 19.5. The van der Waals surface area contributed by atoms with Gasteiger partial charge in [0.1, 0.15) is 5.82 Å². The summed E-state index contributed by atoms with van der Waals surface area (Å²) >= 11 is 0. The van der Waals surface area contributed by atoms with Crippen molar-refractivity contribution in [3.05, 3.63) is 71.0 Å². The molecule has 0 aromatic heterocycles. The van der Waals surface area contributed by atoms with Crippen LogP contribution < -0.4 is 5.32 Å². The minimum absolute atomic E-state index is 0.0723. The first-order valence-corrected chi connectivity index (χ1v) is 11.0. The van der Waals surface area contributed by atoms with Crippen molar-refractivity contribution in [2.24, 2.45) is 0 Å². The molecular formula is C24H29FN4O. The molecule has 2 saturated heterocycles. The fourth-order valence-electron chi connectivity index (χ4n) is 5.25. The molecule has 2 aromatic rings. The Hall–Kier alpha value is -2.44. The number of hydrogen-bond acceptors (Lipinski definition) is 3. The molecule has 30 heavy (non-hydrogen) atoms. The normalized spacial score (nSPS) is 24.8. The molecule has 0 spiro atoms. The third-order valence-electron chi connectivity index (χ3n) is 6.94. The second-order valence-electron chi connectivity index (χ2n) is 8.58. The summed E-state index contributed by atoms with van der Waals surface area (Å²) in [6.45, 7) is 7.50. The van der Waals surface area contributed by atoms with Gasteiger partial charge in [-0.15, -0.1) is 0 Å². The number of fused-ring (bicyclic) bond motifs is 1. The highest BCUT2D eigenvalue weighted by molar-refractivity contribution is 5.76. The van der Waals surface area contributed by atoms with Gasteiger partial charge in [-0.2, -0.15) is 0 Å². The topological polar surface area (TPSA) is 38.8 Å². The maximum Gasteiger partial charge on any atom is 0.317 e. The number of carbonyl (C=O) groups excluding carboxylic acids is 1. The maximum absolute atomic E-state index is 13.4. The van der Waals surface area contributed by atoms with Crippen LogP contribution in [-0.4, -0.2) is 73.1 Å². The fraction of sp³-hybridized carbons (Fsp3) is 0.458. The number of halogens is 1. The van der Waals surface area contributed by atoms with E-state index in [4.69, 9.17) is 0 Å². The predicted molar refractivity (Wildman–Crippen MR) is 115 cm³/mol. The van der Waals surface area contributed by atoms with Crippen molar-refractivity contribution in [1.82, 2.24) is 20.0 Å². The van der Waals surface area contributed by atoms with E-state index in [0.29, 0.717) is 12.0 Å². The molecule has 5 rings (SSSR count). The van der Waals surface area contributed by atoms with Gasteiger partial charge in [0.2, 0.25) is 0 Å². The van der Waals surface area contributed by atoms with Gasteiger partial charge in [0.15, 0.2) is 0 Å². The summed E-state index contributed by atoms with van der Waals surface area (Å²) in [6, 6.07) is 16.3. The van der Waals surface area contributed by atoms with Gasteiger partial charge < -0.3 is 10.2 Å². The van der Waals surface area contributed by atoms with Crippen molar-refractivity contribution in [2.45, 2.75) is 18.4 Å². The van der Waals surface area contributed by atoms with Crippen LogP contribution in [0.1, 0.15) is 35.1 Å². The van der Waals surface area contributed by atoms with E-state index < -0.39 is 0 Å². The van der Waals surface area contributed by atoms with Gasteiger partial charge >= 0.3 is 6.03 Å². The van der Waals surface area contributed by atoms with Crippen LogP contribution in [0.4, 0.5) is 9.18 Å². The zero-order chi connectivity index (χ0) is 20.5. The average molecular weight is 409 g/mol. The molecule has 1 aliphatic carbocycles. The van der Waals surface area contributed by atoms with Crippen LogP contribution in [-0.2, 0) is 0 Å². The molecule has 1 unspecified atom stereocenters. The van der Waals surface area contributed by atoms with Gasteiger partial charge in [0.25, 0.3) is 0 Å². The zero-order valence-electron chi connectivity index (χ0n) is 17.3. The summed E-state index contributed by atoms with van der Waals surface area (Å²) in [5.74, 6) is 0.155. The van der Waals surface area contributed by atoms with Crippen molar-refractivity contribution >= 4 is 6.03 Å². The van der Waals surface area contributed by atoms with Crippen molar-refractivity contribution in [3.8, 4) is 0 Å². The number of benzene rings is 2. The van der Waals surface area contributed by atoms with Gasteiger partial charge in [0.05, 0.1) is 0 Å². The smallest absolute Gasteiger partial charge is 0.317 e. The number of hydrogen-bond donors (Lipinski definition) is 1. The van der Waals surface area contributed by atoms with E-state index in [-0.39, 0.29) is 11.8 Å². The Labute approximate surface area is 177 Å². The third-order valence-corrected chi connectivity index (χ3v) is 6.94. The molecule has 3 aliphatic rings. The number of carbonyl (C=O) groups is 1. The quantitative estimate of drug-likeness (QED) is 0.827. The van der Waals surface area contributed by atoms with Gasteiger partial charge in [-0.05, 0) is 35.2 Å². The summed E-state index contributed by atoms with van der Waals surface area (Å²) in [5.41, 5.74) is 4.01. The molecule has 158 valence electrons. The fourth-order valence-corrected chi connectivity index (χ4v) is 5.25. The van der Waals surface area contributed by atoms with Crippen LogP contribution in [0.2, 0.25) is 0 Å². The lowest BCUT2D eigenvalue weighted by Gasteiger charge is -2.39. The molecule has 2 aliphatic heterocycles. The second kappa shape index (κ2) is 8.36. The minimum atomic E-state index is -0.177. The molecule has 6 heteroatoms. The summed E-state index contributed by atoms with van der Waals surface area (Å²) in [6.07, 6.45) is 1.05. The SMILES string of the molecule is O=C1NCCN1CCN1CCN(C2C[C@H](c3ccc(F)cc3)c3ccccc32)CC1. The van der Waals surface area contributed by atoms with Gasteiger partial charge in [-0.25, -0.2) is 9.18 Å². The molecule has 2 aromatic carbocycles. The van der Waals surface area contributed by atoms with Crippen LogP contribution in [0.3, 0.4) is 0 Å². The second-order valence-corrected chi connectivity index (χ2v) is 8.58. The number of urea groups is 1. The number of nitrogens with zero attached hydrogens (tertiary/aromatic N) is 3. The molecule has 2 amide bonds. The lowest BCUT2D eigenvalue weighted by Crippen LogP contribution is -2.49. The lowest BCUT2D eigenvalue weighted by molar-refractivity contribution is 0.0905. The summed E-state index contributed by atoms with van der Waals surface area (Å²) < 4.78 is 13.4. The Morgan fingerprint density at radius 1 is 0.900 bits per heavy atom. The summed E-state index contributed by atoms with van der Waals surface area (Å²) in [5, 5.41) is 2.87. The van der Waals surface area contributed by atoms with Crippen LogP contribution in [0.25, 0.3) is 0 Å². The Morgan fingerprint density at radius 2 is 1.63 bits per heavy atom. The third kappa shape index (κ3) is 3.82. The van der Waals surface area contributed by atoms with E-state index in [9.17, 15) is 9.18 Å². The number of rotatable bonds is 5. The monoisotopic (exact) mass is 408 g/mol. The molecule has 0 radical (unpaired) electrons. The maximum atomic E-state index is 13.4. The zero-order valence-corrected chi connectivity index (χ0v) is 17.3. The van der Waals surface area contributed by atoms with E-state index in [2.05, 4.69) is 39.4 Å². The molecule has 0 bridgehead atoms. The standard InChI is InChI=1S/C24H29FN4O/c25-19-7-5-18(6-8-19)22-17-23(21-4-2-1-3-20(21)22)28-14-11-27(12-15-28)13-16-29-10-9-26-24(29)30/h1-8,22-23H,9-17H2,(H,26,30)/t22-,23?/m1/s1. The van der Waals surface area contributed by atoms with Crippen LogP contribution >= 0.6 is 0 Å². The molecule has 5 nitrogen and oxygen atoms in total. The lowest BCUT2D eigenvalue weighted by atomic mass is 9.93. The highest BCUT2D eigenvalue weighted by atomic mass is 19.1. The molecule has 2 atom stereocenters. The van der Waals surface area contributed by atoms with Crippen molar-refractivity contribution < 1.29 is 9.18 Å². The van der Waals surface area contributed by atoms with Gasteiger partial charge in [0, 0.05) is 64.3 Å².